The van der Waals surface area contributed by atoms with Crippen LogP contribution in [0.15, 0.2) is 42.5 Å². The van der Waals surface area contributed by atoms with Crippen molar-refractivity contribution in [2.24, 2.45) is 0 Å². The van der Waals surface area contributed by atoms with E-state index in [4.69, 9.17) is 0 Å². The summed E-state index contributed by atoms with van der Waals surface area (Å²) in [4.78, 5) is 10.5. The topological polar surface area (TPSA) is 55.2 Å². The van der Waals surface area contributed by atoms with Crippen LogP contribution in [0.3, 0.4) is 0 Å². The zero-order valence-corrected chi connectivity index (χ0v) is 10.3. The molecule has 0 aliphatic heterocycles. The second kappa shape index (κ2) is 4.87. The van der Waals surface area contributed by atoms with Gasteiger partial charge in [0.1, 0.15) is 5.69 Å². The molecule has 0 aromatic heterocycles. The van der Waals surface area contributed by atoms with E-state index in [1.165, 1.54) is 11.6 Å². The molecule has 0 fully saturated rings. The Morgan fingerprint density at radius 1 is 1.06 bits per heavy atom. The fourth-order valence-electron chi connectivity index (χ4n) is 1.84. The van der Waals surface area contributed by atoms with Crippen molar-refractivity contribution in [3.8, 4) is 0 Å². The summed E-state index contributed by atoms with van der Waals surface area (Å²) in [5, 5.41) is 14.0. The molecule has 0 aliphatic carbocycles. The highest BCUT2D eigenvalue weighted by Gasteiger charge is 2.12. The van der Waals surface area contributed by atoms with Crippen molar-refractivity contribution in [3.05, 3.63) is 63.7 Å². The van der Waals surface area contributed by atoms with Crippen LogP contribution in [0.1, 0.15) is 11.1 Å². The van der Waals surface area contributed by atoms with E-state index in [2.05, 4.69) is 5.32 Å². The molecule has 0 unspecified atom stereocenters. The number of hydrogen-bond donors (Lipinski definition) is 1. The van der Waals surface area contributed by atoms with Crippen LogP contribution in [0, 0.1) is 24.0 Å². The first-order valence-electron chi connectivity index (χ1n) is 5.65. The minimum atomic E-state index is -0.383. The van der Waals surface area contributed by atoms with E-state index in [0.29, 0.717) is 5.69 Å². The summed E-state index contributed by atoms with van der Waals surface area (Å²) >= 11 is 0. The van der Waals surface area contributed by atoms with Gasteiger partial charge >= 0.3 is 0 Å². The van der Waals surface area contributed by atoms with Gasteiger partial charge in [0.15, 0.2) is 0 Å². The van der Waals surface area contributed by atoms with Gasteiger partial charge in [-0.25, -0.2) is 0 Å². The van der Waals surface area contributed by atoms with Crippen LogP contribution in [-0.4, -0.2) is 4.92 Å². The monoisotopic (exact) mass is 242 g/mol. The molecular weight excluding hydrogens is 228 g/mol. The van der Waals surface area contributed by atoms with Gasteiger partial charge in [-0.3, -0.25) is 10.1 Å². The Morgan fingerprint density at radius 3 is 2.44 bits per heavy atom. The van der Waals surface area contributed by atoms with E-state index < -0.39 is 0 Å². The summed E-state index contributed by atoms with van der Waals surface area (Å²) in [6.45, 7) is 3.99. The number of aryl methyl sites for hydroxylation is 2. The Hall–Kier alpha value is -2.36. The van der Waals surface area contributed by atoms with Gasteiger partial charge in [-0.2, -0.15) is 0 Å². The first-order valence-corrected chi connectivity index (χ1v) is 5.65. The number of anilines is 2. The van der Waals surface area contributed by atoms with Gasteiger partial charge in [0.05, 0.1) is 4.92 Å². The van der Waals surface area contributed by atoms with Gasteiger partial charge in [-0.15, -0.1) is 0 Å². The van der Waals surface area contributed by atoms with Crippen molar-refractivity contribution >= 4 is 17.1 Å². The summed E-state index contributed by atoms with van der Waals surface area (Å²) in [7, 11) is 0. The smallest absolute Gasteiger partial charge is 0.292 e. The van der Waals surface area contributed by atoms with E-state index in [-0.39, 0.29) is 10.6 Å². The Bertz CT molecular complexity index is 594. The zero-order valence-electron chi connectivity index (χ0n) is 10.3. The van der Waals surface area contributed by atoms with Gasteiger partial charge in [0, 0.05) is 11.8 Å². The summed E-state index contributed by atoms with van der Waals surface area (Å²) in [5.74, 6) is 0. The molecule has 0 saturated heterocycles. The number of benzene rings is 2. The van der Waals surface area contributed by atoms with Crippen LogP contribution in [0.25, 0.3) is 0 Å². The number of nitrogens with zero attached hydrogens (tertiary/aromatic N) is 1. The van der Waals surface area contributed by atoms with Crippen molar-refractivity contribution in [2.45, 2.75) is 13.8 Å². The van der Waals surface area contributed by atoms with Crippen molar-refractivity contribution in [2.75, 3.05) is 5.32 Å². The Balaban J connectivity index is 2.37. The van der Waals surface area contributed by atoms with Crippen molar-refractivity contribution < 1.29 is 4.92 Å². The summed E-state index contributed by atoms with van der Waals surface area (Å²) in [5.41, 5.74) is 3.70. The van der Waals surface area contributed by atoms with E-state index in [1.54, 1.807) is 18.2 Å². The number of para-hydroxylation sites is 2. The highest BCUT2D eigenvalue weighted by atomic mass is 16.6. The minimum Gasteiger partial charge on any atom is -0.350 e. The largest absolute Gasteiger partial charge is 0.350 e. The highest BCUT2D eigenvalue weighted by molar-refractivity contribution is 5.71. The Kier molecular flexibility index (Phi) is 3.28. The molecule has 0 spiro atoms. The highest BCUT2D eigenvalue weighted by Crippen LogP contribution is 2.28. The first-order chi connectivity index (χ1) is 8.58. The van der Waals surface area contributed by atoms with Gasteiger partial charge in [0.2, 0.25) is 0 Å². The third kappa shape index (κ3) is 2.48. The van der Waals surface area contributed by atoms with Gasteiger partial charge in [0.25, 0.3) is 5.69 Å². The number of hydrogen-bond acceptors (Lipinski definition) is 3. The molecule has 4 nitrogen and oxygen atoms in total. The zero-order chi connectivity index (χ0) is 13.1. The number of rotatable bonds is 3. The number of nitro benzene ring substituents is 1. The maximum Gasteiger partial charge on any atom is 0.292 e. The standard InChI is InChI=1S/C14H14N2O2/c1-10-7-8-12(11(2)9-10)15-13-5-3-4-6-14(13)16(17)18/h3-9,15H,1-2H3. The van der Waals surface area contributed by atoms with Crippen molar-refractivity contribution in [3.63, 3.8) is 0 Å². The summed E-state index contributed by atoms with van der Waals surface area (Å²) in [6.07, 6.45) is 0. The van der Waals surface area contributed by atoms with E-state index in [0.717, 1.165) is 11.3 Å². The molecule has 2 aromatic carbocycles. The predicted octanol–water partition coefficient (Wildman–Crippen LogP) is 3.96. The lowest BCUT2D eigenvalue weighted by Crippen LogP contribution is -1.98. The molecular formula is C14H14N2O2. The SMILES string of the molecule is Cc1ccc(Nc2ccccc2[N+](=O)[O-])c(C)c1. The van der Waals surface area contributed by atoms with Crippen LogP contribution < -0.4 is 5.32 Å². The van der Waals surface area contributed by atoms with Crippen molar-refractivity contribution in [1.82, 2.24) is 0 Å². The average Bonchev–Trinajstić information content (AvgIpc) is 2.33. The van der Waals surface area contributed by atoms with Crippen molar-refractivity contribution in [1.29, 1.82) is 0 Å². The molecule has 0 atom stereocenters. The van der Waals surface area contributed by atoms with Gasteiger partial charge in [-0.05, 0) is 31.5 Å². The van der Waals surface area contributed by atoms with Crippen LogP contribution in [0.2, 0.25) is 0 Å². The molecule has 92 valence electrons. The van der Waals surface area contributed by atoms with E-state index in [9.17, 15) is 10.1 Å². The molecule has 0 saturated carbocycles. The molecule has 4 heteroatoms. The lowest BCUT2D eigenvalue weighted by atomic mass is 10.1. The molecule has 0 heterocycles. The van der Waals surface area contributed by atoms with E-state index >= 15 is 0 Å². The third-order valence-corrected chi connectivity index (χ3v) is 2.75. The quantitative estimate of drug-likeness (QED) is 0.654. The minimum absolute atomic E-state index is 0.0810. The summed E-state index contributed by atoms with van der Waals surface area (Å²) in [6, 6.07) is 12.6. The maximum absolute atomic E-state index is 10.9. The Labute approximate surface area is 105 Å². The van der Waals surface area contributed by atoms with Crippen LogP contribution >= 0.6 is 0 Å². The molecule has 0 radical (unpaired) electrons. The lowest BCUT2D eigenvalue weighted by molar-refractivity contribution is -0.383. The first kappa shape index (κ1) is 12.1. The molecule has 0 aliphatic rings. The number of nitro groups is 1. The molecule has 0 amide bonds. The van der Waals surface area contributed by atoms with Gasteiger partial charge < -0.3 is 5.32 Å². The molecule has 0 bridgehead atoms. The predicted molar refractivity (Wildman–Crippen MR) is 72.3 cm³/mol. The fraction of sp³-hybridized carbons (Fsp3) is 0.143. The molecule has 2 aromatic rings. The normalized spacial score (nSPS) is 10.1. The number of nitrogens with one attached hydrogen (secondary N) is 1. The van der Waals surface area contributed by atoms with E-state index in [1.807, 2.05) is 32.0 Å². The molecule has 18 heavy (non-hydrogen) atoms. The molecule has 1 N–H and O–H groups in total. The second-order valence-corrected chi connectivity index (χ2v) is 4.22. The van der Waals surface area contributed by atoms with Crippen LogP contribution in [0.5, 0.6) is 0 Å². The molecule has 2 rings (SSSR count). The average molecular weight is 242 g/mol. The maximum atomic E-state index is 10.9. The second-order valence-electron chi connectivity index (χ2n) is 4.22. The lowest BCUT2D eigenvalue weighted by Gasteiger charge is -2.10. The fourth-order valence-corrected chi connectivity index (χ4v) is 1.84. The van der Waals surface area contributed by atoms with Crippen LogP contribution in [0.4, 0.5) is 17.1 Å². The third-order valence-electron chi connectivity index (χ3n) is 2.75. The Morgan fingerprint density at radius 2 is 1.78 bits per heavy atom. The van der Waals surface area contributed by atoms with Gasteiger partial charge in [-0.1, -0.05) is 29.8 Å². The summed E-state index contributed by atoms with van der Waals surface area (Å²) < 4.78 is 0. The van der Waals surface area contributed by atoms with Crippen LogP contribution in [-0.2, 0) is 0 Å².